The van der Waals surface area contributed by atoms with Gasteiger partial charge in [-0.3, -0.25) is 4.79 Å². The highest BCUT2D eigenvalue weighted by molar-refractivity contribution is 5.78. The SMILES string of the molecule is NC(=O)[C@@H](O)C1CCN(C[C@H](O)c2ccc(F)cc2)CC1. The van der Waals surface area contributed by atoms with E-state index in [0.717, 1.165) is 0 Å². The van der Waals surface area contributed by atoms with E-state index >= 15 is 0 Å². The zero-order valence-corrected chi connectivity index (χ0v) is 11.8. The summed E-state index contributed by atoms with van der Waals surface area (Å²) < 4.78 is 12.8. The maximum absolute atomic E-state index is 12.8. The molecule has 1 aromatic carbocycles. The number of nitrogens with zero attached hydrogens (tertiary/aromatic N) is 1. The minimum atomic E-state index is -1.09. The average Bonchev–Trinajstić information content (AvgIpc) is 2.47. The molecule has 1 aromatic rings. The van der Waals surface area contributed by atoms with E-state index < -0.39 is 18.1 Å². The minimum absolute atomic E-state index is 0.110. The number of aliphatic hydroxyl groups is 2. The lowest BCUT2D eigenvalue weighted by Gasteiger charge is -2.34. The Balaban J connectivity index is 1.83. The summed E-state index contributed by atoms with van der Waals surface area (Å²) in [5, 5.41) is 19.8. The van der Waals surface area contributed by atoms with Crippen LogP contribution in [-0.4, -0.2) is 46.8 Å². The molecule has 0 saturated carbocycles. The van der Waals surface area contributed by atoms with Gasteiger partial charge < -0.3 is 20.8 Å². The van der Waals surface area contributed by atoms with Crippen LogP contribution in [0.4, 0.5) is 4.39 Å². The zero-order chi connectivity index (χ0) is 15.4. The number of aliphatic hydroxyl groups excluding tert-OH is 2. The fraction of sp³-hybridized carbons (Fsp3) is 0.533. The fourth-order valence-corrected chi connectivity index (χ4v) is 2.72. The van der Waals surface area contributed by atoms with Crippen LogP contribution in [0.25, 0.3) is 0 Å². The van der Waals surface area contributed by atoms with Crippen LogP contribution in [0.5, 0.6) is 0 Å². The number of likely N-dealkylation sites (tertiary alicyclic amines) is 1. The van der Waals surface area contributed by atoms with Crippen LogP contribution >= 0.6 is 0 Å². The van der Waals surface area contributed by atoms with E-state index in [1.165, 1.54) is 12.1 Å². The Morgan fingerprint density at radius 3 is 2.38 bits per heavy atom. The van der Waals surface area contributed by atoms with Crippen molar-refractivity contribution < 1.29 is 19.4 Å². The van der Waals surface area contributed by atoms with E-state index in [2.05, 4.69) is 4.90 Å². The second kappa shape index (κ2) is 6.98. The molecule has 0 aromatic heterocycles. The number of benzene rings is 1. The molecule has 0 bridgehead atoms. The summed E-state index contributed by atoms with van der Waals surface area (Å²) in [6.45, 7) is 1.82. The number of halogens is 1. The Kier molecular flexibility index (Phi) is 5.27. The van der Waals surface area contributed by atoms with Gasteiger partial charge in [-0.1, -0.05) is 12.1 Å². The monoisotopic (exact) mass is 296 g/mol. The molecule has 1 aliphatic rings. The van der Waals surface area contributed by atoms with Crippen molar-refractivity contribution in [2.75, 3.05) is 19.6 Å². The molecular weight excluding hydrogens is 275 g/mol. The average molecular weight is 296 g/mol. The van der Waals surface area contributed by atoms with Gasteiger partial charge in [0.1, 0.15) is 11.9 Å². The molecule has 0 unspecified atom stereocenters. The smallest absolute Gasteiger partial charge is 0.246 e. The van der Waals surface area contributed by atoms with Gasteiger partial charge in [-0.25, -0.2) is 4.39 Å². The first-order chi connectivity index (χ1) is 9.97. The number of hydrogen-bond acceptors (Lipinski definition) is 4. The van der Waals surface area contributed by atoms with Gasteiger partial charge in [0.25, 0.3) is 0 Å². The molecule has 0 radical (unpaired) electrons. The van der Waals surface area contributed by atoms with Gasteiger partial charge in [-0.15, -0.1) is 0 Å². The Bertz CT molecular complexity index is 472. The quantitative estimate of drug-likeness (QED) is 0.735. The fourth-order valence-electron chi connectivity index (χ4n) is 2.72. The Labute approximate surface area is 123 Å². The highest BCUT2D eigenvalue weighted by Crippen LogP contribution is 2.23. The van der Waals surface area contributed by atoms with Crippen molar-refractivity contribution >= 4 is 5.91 Å². The second-order valence-corrected chi connectivity index (χ2v) is 5.55. The predicted molar refractivity (Wildman–Crippen MR) is 75.7 cm³/mol. The molecule has 1 amide bonds. The molecule has 4 N–H and O–H groups in total. The molecule has 0 aliphatic carbocycles. The number of primary amides is 1. The minimum Gasteiger partial charge on any atom is -0.387 e. The number of rotatable bonds is 5. The van der Waals surface area contributed by atoms with E-state index in [-0.39, 0.29) is 11.7 Å². The van der Waals surface area contributed by atoms with Crippen molar-refractivity contribution in [3.05, 3.63) is 35.6 Å². The summed E-state index contributed by atoms with van der Waals surface area (Å²) >= 11 is 0. The Hall–Kier alpha value is -1.50. The number of nitrogens with two attached hydrogens (primary N) is 1. The number of piperidine rings is 1. The van der Waals surface area contributed by atoms with E-state index in [4.69, 9.17) is 5.73 Å². The van der Waals surface area contributed by atoms with Crippen LogP contribution < -0.4 is 5.73 Å². The molecule has 1 aliphatic heterocycles. The zero-order valence-electron chi connectivity index (χ0n) is 11.8. The van der Waals surface area contributed by atoms with Gasteiger partial charge >= 0.3 is 0 Å². The molecule has 21 heavy (non-hydrogen) atoms. The number of carbonyl (C=O) groups is 1. The maximum Gasteiger partial charge on any atom is 0.246 e. The van der Waals surface area contributed by atoms with E-state index in [1.807, 2.05) is 0 Å². The molecule has 116 valence electrons. The third kappa shape index (κ3) is 4.23. The summed E-state index contributed by atoms with van der Waals surface area (Å²) in [4.78, 5) is 13.0. The topological polar surface area (TPSA) is 86.8 Å². The van der Waals surface area contributed by atoms with Crippen LogP contribution in [0.15, 0.2) is 24.3 Å². The summed E-state index contributed by atoms with van der Waals surface area (Å²) in [7, 11) is 0. The van der Waals surface area contributed by atoms with Crippen molar-refractivity contribution in [3.8, 4) is 0 Å². The molecule has 6 heteroatoms. The molecular formula is C15H21FN2O3. The van der Waals surface area contributed by atoms with Crippen LogP contribution in [0.3, 0.4) is 0 Å². The third-order valence-electron chi connectivity index (χ3n) is 4.06. The molecule has 1 fully saturated rings. The first kappa shape index (κ1) is 15.9. The van der Waals surface area contributed by atoms with Crippen molar-refractivity contribution in [2.24, 2.45) is 11.7 Å². The largest absolute Gasteiger partial charge is 0.387 e. The molecule has 1 heterocycles. The van der Waals surface area contributed by atoms with Crippen molar-refractivity contribution in [1.29, 1.82) is 0 Å². The van der Waals surface area contributed by atoms with Crippen LogP contribution in [0, 0.1) is 11.7 Å². The van der Waals surface area contributed by atoms with Gasteiger partial charge in [0, 0.05) is 6.54 Å². The van der Waals surface area contributed by atoms with Gasteiger partial charge in [-0.05, 0) is 49.5 Å². The number of amides is 1. The van der Waals surface area contributed by atoms with E-state index in [0.29, 0.717) is 38.0 Å². The number of β-amino-alcohol motifs (C(OH)–C–C–N with tert-alkyl or cyclic N) is 1. The summed E-state index contributed by atoms with van der Waals surface area (Å²) in [6.07, 6.45) is -0.432. The maximum atomic E-state index is 12.8. The normalized spacial score (nSPS) is 20.1. The van der Waals surface area contributed by atoms with Gasteiger partial charge in [-0.2, -0.15) is 0 Å². The first-order valence-electron chi connectivity index (χ1n) is 7.10. The van der Waals surface area contributed by atoms with E-state index in [9.17, 15) is 19.4 Å². The first-order valence-corrected chi connectivity index (χ1v) is 7.10. The Morgan fingerprint density at radius 2 is 1.86 bits per heavy atom. The highest BCUT2D eigenvalue weighted by atomic mass is 19.1. The third-order valence-corrected chi connectivity index (χ3v) is 4.06. The van der Waals surface area contributed by atoms with Gasteiger partial charge in [0.2, 0.25) is 5.91 Å². The van der Waals surface area contributed by atoms with Crippen molar-refractivity contribution in [2.45, 2.75) is 25.0 Å². The standard InChI is InChI=1S/C15H21FN2O3/c16-12-3-1-10(2-4-12)13(19)9-18-7-5-11(6-8-18)14(20)15(17)21/h1-4,11,13-14,19-20H,5-9H2,(H2,17,21)/t13-,14-/m0/s1. The van der Waals surface area contributed by atoms with Crippen LogP contribution in [0.1, 0.15) is 24.5 Å². The molecule has 1 saturated heterocycles. The lowest BCUT2D eigenvalue weighted by Crippen LogP contribution is -2.43. The number of hydrogen-bond donors (Lipinski definition) is 3. The Morgan fingerprint density at radius 1 is 1.29 bits per heavy atom. The summed E-state index contributed by atoms with van der Waals surface area (Å²) in [5.41, 5.74) is 5.77. The highest BCUT2D eigenvalue weighted by Gasteiger charge is 2.29. The summed E-state index contributed by atoms with van der Waals surface area (Å²) in [5.74, 6) is -1.12. The molecule has 5 nitrogen and oxygen atoms in total. The molecule has 2 rings (SSSR count). The van der Waals surface area contributed by atoms with Crippen molar-refractivity contribution in [1.82, 2.24) is 4.90 Å². The van der Waals surface area contributed by atoms with E-state index in [1.54, 1.807) is 12.1 Å². The van der Waals surface area contributed by atoms with Gasteiger partial charge in [0.15, 0.2) is 0 Å². The van der Waals surface area contributed by atoms with Gasteiger partial charge in [0.05, 0.1) is 6.10 Å². The second-order valence-electron chi connectivity index (χ2n) is 5.55. The van der Waals surface area contributed by atoms with Crippen molar-refractivity contribution in [3.63, 3.8) is 0 Å². The molecule has 0 spiro atoms. The predicted octanol–water partition coefficient (Wildman–Crippen LogP) is 0.417. The number of carbonyl (C=O) groups excluding carboxylic acids is 1. The van der Waals surface area contributed by atoms with Crippen LogP contribution in [0.2, 0.25) is 0 Å². The summed E-state index contributed by atoms with van der Waals surface area (Å²) in [6, 6.07) is 5.80. The lowest BCUT2D eigenvalue weighted by atomic mass is 9.90. The molecule has 2 atom stereocenters. The van der Waals surface area contributed by atoms with Crippen LogP contribution in [-0.2, 0) is 4.79 Å². The lowest BCUT2D eigenvalue weighted by molar-refractivity contribution is -0.129.